The summed E-state index contributed by atoms with van der Waals surface area (Å²) in [5.41, 5.74) is 13.9. The van der Waals surface area contributed by atoms with E-state index in [1.165, 1.54) is 12.1 Å². The minimum Gasteiger partial charge on any atom is -0.361 e. The molecule has 288 valence electrons. The van der Waals surface area contributed by atoms with Crippen molar-refractivity contribution in [2.75, 3.05) is 0 Å². The summed E-state index contributed by atoms with van der Waals surface area (Å²) in [6.07, 6.45) is 3.12. The molecule has 0 atom stereocenters. The topological polar surface area (TPSA) is 164 Å². The summed E-state index contributed by atoms with van der Waals surface area (Å²) in [7, 11) is 0. The molecule has 8 aromatic rings. The third kappa shape index (κ3) is 5.39. The summed E-state index contributed by atoms with van der Waals surface area (Å²) in [6, 6.07) is 31.1. The van der Waals surface area contributed by atoms with E-state index in [0.717, 1.165) is 94.0 Å². The van der Waals surface area contributed by atoms with Crippen LogP contribution in [0.5, 0.6) is 0 Å². The van der Waals surface area contributed by atoms with Crippen LogP contribution in [0.25, 0.3) is 33.8 Å². The van der Waals surface area contributed by atoms with Crippen LogP contribution in [0.4, 0.5) is 5.69 Å². The predicted molar refractivity (Wildman–Crippen MR) is 223 cm³/mol. The lowest BCUT2D eigenvalue weighted by Crippen LogP contribution is -2.29. The molecule has 0 radical (unpaired) electrons. The van der Waals surface area contributed by atoms with Gasteiger partial charge in [-0.2, -0.15) is 0 Å². The van der Waals surface area contributed by atoms with Gasteiger partial charge in [0.1, 0.15) is 11.4 Å². The number of rotatable bonds is 1. The van der Waals surface area contributed by atoms with E-state index in [1.54, 1.807) is 6.07 Å². The zero-order chi connectivity index (χ0) is 39.5. The highest BCUT2D eigenvalue weighted by Gasteiger charge is 2.39. The molecule has 3 aliphatic rings. The van der Waals surface area contributed by atoms with Crippen molar-refractivity contribution >= 4 is 16.7 Å². The molecule has 7 aromatic heterocycles. The number of nitro benzene ring substituents is 1. The number of aromatic amines is 6. The Kier molecular flexibility index (Phi) is 7.43. The molecular weight excluding hydrogens is 711 g/mol. The normalized spacial score (nSPS) is 21.1. The number of nitrogens with zero attached hydrogens (tertiary/aromatic N) is 3. The third-order valence-corrected chi connectivity index (χ3v) is 13.5. The highest BCUT2D eigenvalue weighted by molar-refractivity contribution is 5.86. The van der Waals surface area contributed by atoms with Gasteiger partial charge >= 0.3 is 0 Å². The van der Waals surface area contributed by atoms with Crippen molar-refractivity contribution in [3.05, 3.63) is 158 Å². The van der Waals surface area contributed by atoms with E-state index in [4.69, 9.17) is 9.97 Å². The summed E-state index contributed by atoms with van der Waals surface area (Å²) in [4.78, 5) is 44.6. The Morgan fingerprint density at radius 1 is 0.491 bits per heavy atom. The molecule has 14 bridgehead atoms. The average Bonchev–Trinajstić information content (AvgIpc) is 4.04. The molecule has 6 N–H and O–H groups in total. The van der Waals surface area contributed by atoms with Gasteiger partial charge in [0.25, 0.3) is 5.69 Å². The summed E-state index contributed by atoms with van der Waals surface area (Å²) in [5.74, 6) is 0. The number of nitrogens with one attached hydrogen (secondary N) is 6. The SMILES string of the molecule is CC1(C)c2ccc([nH]2)C2(C)CCc3ccc([nH]3)-c3nc4ccc([N+](=O)[O-])cc4nc3-c3ccc([nH]3)CCC(C)(c3ccc1[nH]3)c1ccc([nH]1)C(C)(C)c1ccc2[nH]1. The quantitative estimate of drug-likeness (QED) is 0.0726. The van der Waals surface area contributed by atoms with Gasteiger partial charge in [0.15, 0.2) is 0 Å². The molecule has 0 saturated heterocycles. The van der Waals surface area contributed by atoms with E-state index in [2.05, 4.69) is 144 Å². The fraction of sp³-hybridized carbons (Fsp3) is 0.304. The Morgan fingerprint density at radius 3 is 1.28 bits per heavy atom. The maximum Gasteiger partial charge on any atom is 0.271 e. The molecule has 3 aliphatic heterocycles. The van der Waals surface area contributed by atoms with Gasteiger partial charge in [0.2, 0.25) is 0 Å². The molecule has 57 heavy (non-hydrogen) atoms. The molecule has 0 saturated carbocycles. The second kappa shape index (κ2) is 12.1. The van der Waals surface area contributed by atoms with Crippen molar-refractivity contribution < 1.29 is 4.92 Å². The van der Waals surface area contributed by atoms with Gasteiger partial charge in [-0.25, -0.2) is 9.97 Å². The Labute approximate surface area is 330 Å². The molecular formula is C46H47N9O2. The third-order valence-electron chi connectivity index (χ3n) is 13.5. The van der Waals surface area contributed by atoms with Crippen LogP contribution >= 0.6 is 0 Å². The van der Waals surface area contributed by atoms with Crippen molar-refractivity contribution in [1.29, 1.82) is 0 Å². The van der Waals surface area contributed by atoms with Crippen molar-refractivity contribution in [3.8, 4) is 22.8 Å². The number of hydrogen-bond acceptors (Lipinski definition) is 4. The van der Waals surface area contributed by atoms with Gasteiger partial charge in [0.05, 0.1) is 27.3 Å². The first-order chi connectivity index (χ1) is 27.2. The molecule has 0 amide bonds. The molecule has 11 rings (SSSR count). The average molecular weight is 758 g/mol. The van der Waals surface area contributed by atoms with Crippen LogP contribution in [-0.2, 0) is 34.5 Å². The highest BCUT2D eigenvalue weighted by Crippen LogP contribution is 2.44. The largest absolute Gasteiger partial charge is 0.361 e. The Hall–Kier alpha value is -6.36. The van der Waals surface area contributed by atoms with Crippen LogP contribution in [-0.4, -0.2) is 44.8 Å². The van der Waals surface area contributed by atoms with Gasteiger partial charge < -0.3 is 29.9 Å². The maximum absolute atomic E-state index is 11.7. The second-order valence-corrected chi connectivity index (χ2v) is 17.7. The maximum atomic E-state index is 11.7. The first-order valence-corrected chi connectivity index (χ1v) is 19.8. The Morgan fingerprint density at radius 2 is 0.877 bits per heavy atom. The van der Waals surface area contributed by atoms with Gasteiger partial charge in [-0.1, -0.05) is 0 Å². The smallest absolute Gasteiger partial charge is 0.271 e. The number of hydrogen-bond donors (Lipinski definition) is 6. The van der Waals surface area contributed by atoms with E-state index in [0.29, 0.717) is 22.4 Å². The molecule has 0 spiro atoms. The number of non-ortho nitro benzene ring substituents is 1. The van der Waals surface area contributed by atoms with E-state index in [9.17, 15) is 10.1 Å². The van der Waals surface area contributed by atoms with E-state index in [1.807, 2.05) is 0 Å². The minimum absolute atomic E-state index is 0.0183. The summed E-state index contributed by atoms with van der Waals surface area (Å²) >= 11 is 0. The lowest BCUT2D eigenvalue weighted by Gasteiger charge is -2.31. The number of benzene rings is 1. The molecule has 11 nitrogen and oxygen atoms in total. The van der Waals surface area contributed by atoms with Crippen LogP contribution in [0, 0.1) is 10.1 Å². The van der Waals surface area contributed by atoms with Gasteiger partial charge in [0, 0.05) is 90.7 Å². The van der Waals surface area contributed by atoms with Crippen LogP contribution < -0.4 is 0 Å². The lowest BCUT2D eigenvalue weighted by atomic mass is 9.78. The van der Waals surface area contributed by atoms with Crippen molar-refractivity contribution in [2.45, 2.75) is 88.9 Å². The van der Waals surface area contributed by atoms with E-state index in [-0.39, 0.29) is 16.5 Å². The predicted octanol–water partition coefficient (Wildman–Crippen LogP) is 10.00. The summed E-state index contributed by atoms with van der Waals surface area (Å²) in [6.45, 7) is 13.8. The highest BCUT2D eigenvalue weighted by atomic mass is 16.6. The van der Waals surface area contributed by atoms with Crippen LogP contribution in [0.3, 0.4) is 0 Å². The van der Waals surface area contributed by atoms with Crippen LogP contribution in [0.15, 0.2) is 91.0 Å². The number of nitro groups is 1. The fourth-order valence-electron chi connectivity index (χ4n) is 9.19. The number of fused-ring (bicyclic) bond motifs is 3. The molecule has 0 unspecified atom stereocenters. The fourth-order valence-corrected chi connectivity index (χ4v) is 9.19. The van der Waals surface area contributed by atoms with Gasteiger partial charge in [-0.3, -0.25) is 10.1 Å². The Balaban J connectivity index is 1.21. The van der Waals surface area contributed by atoms with Crippen LogP contribution in [0.1, 0.15) is 111 Å². The Bertz CT molecular complexity index is 2760. The number of aryl methyl sites for hydroxylation is 2. The van der Waals surface area contributed by atoms with Crippen molar-refractivity contribution in [1.82, 2.24) is 39.9 Å². The van der Waals surface area contributed by atoms with Gasteiger partial charge in [-0.15, -0.1) is 0 Å². The van der Waals surface area contributed by atoms with E-state index < -0.39 is 15.8 Å². The first-order valence-electron chi connectivity index (χ1n) is 19.8. The molecule has 0 fully saturated rings. The van der Waals surface area contributed by atoms with Crippen molar-refractivity contribution in [3.63, 3.8) is 0 Å². The monoisotopic (exact) mass is 757 g/mol. The standard InChI is InChI=1S/C46H47N9O2/c1-43(2)33-13-17-37(51-33)45(5)23-21-26-7-10-30(47-26)41-42(50-32-25-28(55(56)57)9-12-29(32)49-41)31-11-8-27(48-31)22-24-46(6,39-19-15-35(43)53-39)40-20-16-36(54-40)44(3,4)34-14-18-38(45)52-34/h7-20,25,47-48,51-54H,21-24H2,1-6H3. The molecule has 11 heteroatoms. The first kappa shape index (κ1) is 35.1. The van der Waals surface area contributed by atoms with Crippen molar-refractivity contribution in [2.24, 2.45) is 0 Å². The zero-order valence-corrected chi connectivity index (χ0v) is 33.1. The van der Waals surface area contributed by atoms with Gasteiger partial charge in [-0.05, 0) is 146 Å². The molecule has 1 aromatic carbocycles. The summed E-state index contributed by atoms with van der Waals surface area (Å²) < 4.78 is 0. The number of H-pyrrole nitrogens is 6. The molecule has 10 heterocycles. The lowest BCUT2D eigenvalue weighted by molar-refractivity contribution is -0.384. The number of aromatic nitrogens is 8. The summed E-state index contributed by atoms with van der Waals surface area (Å²) in [5, 5.41) is 11.7. The van der Waals surface area contributed by atoms with E-state index >= 15 is 0 Å². The van der Waals surface area contributed by atoms with Crippen LogP contribution in [0.2, 0.25) is 0 Å². The zero-order valence-electron chi connectivity index (χ0n) is 33.1. The molecule has 0 aliphatic carbocycles. The second-order valence-electron chi connectivity index (χ2n) is 17.7. The minimum atomic E-state index is -0.405.